The number of aryl methyl sites for hydroxylation is 1. The number of hydrogen-bond donors (Lipinski definition) is 1. The third kappa shape index (κ3) is 2.83. The molecule has 0 radical (unpaired) electrons. The number of nitrogens with one attached hydrogen (secondary N) is 1. The minimum atomic E-state index is 0.0890. The molecular weight excluding hydrogens is 273 g/mol. The highest BCUT2D eigenvalue weighted by molar-refractivity contribution is 7.20. The fourth-order valence-corrected chi connectivity index (χ4v) is 3.43. The van der Waals surface area contributed by atoms with Crippen LogP contribution in [-0.4, -0.2) is 7.05 Å². The SMILES string of the molecule is CNC(c1cccc(C)c1)c1cc(Cl)sc1Cl. The summed E-state index contributed by atoms with van der Waals surface area (Å²) in [6.45, 7) is 2.08. The zero-order valence-corrected chi connectivity index (χ0v) is 12.0. The second kappa shape index (κ2) is 5.40. The lowest BCUT2D eigenvalue weighted by Crippen LogP contribution is -2.17. The highest BCUT2D eigenvalue weighted by Crippen LogP contribution is 2.37. The van der Waals surface area contributed by atoms with E-state index >= 15 is 0 Å². The Balaban J connectivity index is 2.43. The van der Waals surface area contributed by atoms with Gasteiger partial charge in [0.15, 0.2) is 0 Å². The molecule has 1 heterocycles. The van der Waals surface area contributed by atoms with Gasteiger partial charge < -0.3 is 5.32 Å². The summed E-state index contributed by atoms with van der Waals surface area (Å²) < 4.78 is 1.47. The second-order valence-electron chi connectivity index (χ2n) is 3.92. The molecule has 0 saturated heterocycles. The largest absolute Gasteiger partial charge is 0.309 e. The molecule has 0 amide bonds. The zero-order valence-electron chi connectivity index (χ0n) is 9.63. The maximum atomic E-state index is 6.20. The van der Waals surface area contributed by atoms with Crippen LogP contribution in [0.3, 0.4) is 0 Å². The number of thiophene rings is 1. The Kier molecular flexibility index (Phi) is 4.10. The minimum Gasteiger partial charge on any atom is -0.309 e. The van der Waals surface area contributed by atoms with Gasteiger partial charge in [0.05, 0.1) is 14.7 Å². The van der Waals surface area contributed by atoms with Gasteiger partial charge >= 0.3 is 0 Å². The Morgan fingerprint density at radius 3 is 2.53 bits per heavy atom. The molecule has 1 atom stereocenters. The topological polar surface area (TPSA) is 12.0 Å². The van der Waals surface area contributed by atoms with Crippen molar-refractivity contribution in [2.45, 2.75) is 13.0 Å². The smallest absolute Gasteiger partial charge is 0.0995 e. The molecule has 90 valence electrons. The van der Waals surface area contributed by atoms with Crippen LogP contribution in [0.1, 0.15) is 22.7 Å². The van der Waals surface area contributed by atoms with Crippen molar-refractivity contribution < 1.29 is 0 Å². The fourth-order valence-electron chi connectivity index (χ4n) is 1.90. The maximum absolute atomic E-state index is 6.20. The summed E-state index contributed by atoms with van der Waals surface area (Å²) in [6.07, 6.45) is 0. The van der Waals surface area contributed by atoms with Crippen LogP contribution < -0.4 is 5.32 Å². The summed E-state index contributed by atoms with van der Waals surface area (Å²) in [5.41, 5.74) is 3.47. The van der Waals surface area contributed by atoms with Gasteiger partial charge in [-0.05, 0) is 25.6 Å². The van der Waals surface area contributed by atoms with E-state index in [1.807, 2.05) is 13.1 Å². The van der Waals surface area contributed by atoms with Crippen molar-refractivity contribution in [2.75, 3.05) is 7.05 Å². The van der Waals surface area contributed by atoms with E-state index in [0.717, 1.165) is 14.2 Å². The monoisotopic (exact) mass is 285 g/mol. The van der Waals surface area contributed by atoms with Gasteiger partial charge in [0, 0.05) is 5.56 Å². The van der Waals surface area contributed by atoms with Gasteiger partial charge in [0.25, 0.3) is 0 Å². The molecule has 1 N–H and O–H groups in total. The lowest BCUT2D eigenvalue weighted by molar-refractivity contribution is 0.694. The Labute approximate surface area is 115 Å². The van der Waals surface area contributed by atoms with E-state index in [2.05, 4.69) is 36.5 Å². The Bertz CT molecular complexity index is 522. The first kappa shape index (κ1) is 12.9. The Hall–Kier alpha value is -0.540. The first-order chi connectivity index (χ1) is 8.11. The first-order valence-corrected chi connectivity index (χ1v) is 6.87. The number of halogens is 2. The zero-order chi connectivity index (χ0) is 12.4. The van der Waals surface area contributed by atoms with E-state index in [0.29, 0.717) is 0 Å². The van der Waals surface area contributed by atoms with Gasteiger partial charge in [0.2, 0.25) is 0 Å². The average Bonchev–Trinajstić information content (AvgIpc) is 2.59. The van der Waals surface area contributed by atoms with Crippen molar-refractivity contribution in [1.29, 1.82) is 0 Å². The van der Waals surface area contributed by atoms with E-state index in [-0.39, 0.29) is 6.04 Å². The molecular formula is C13H13Cl2NS. The number of hydrogen-bond acceptors (Lipinski definition) is 2. The molecule has 1 aromatic carbocycles. The standard InChI is InChI=1S/C13H13Cl2NS/c1-8-4-3-5-9(6-8)12(16-2)10-7-11(14)17-13(10)15/h3-7,12,16H,1-2H3. The minimum absolute atomic E-state index is 0.0890. The van der Waals surface area contributed by atoms with Crippen molar-refractivity contribution in [1.82, 2.24) is 5.32 Å². The summed E-state index contributed by atoms with van der Waals surface area (Å²) in [7, 11) is 1.93. The molecule has 0 saturated carbocycles. The lowest BCUT2D eigenvalue weighted by atomic mass is 10.00. The summed E-state index contributed by atoms with van der Waals surface area (Å²) >= 11 is 13.6. The first-order valence-electron chi connectivity index (χ1n) is 5.30. The lowest BCUT2D eigenvalue weighted by Gasteiger charge is -2.16. The van der Waals surface area contributed by atoms with Gasteiger partial charge in [-0.1, -0.05) is 53.0 Å². The van der Waals surface area contributed by atoms with E-state index in [4.69, 9.17) is 23.2 Å². The molecule has 0 aliphatic heterocycles. The molecule has 0 aliphatic rings. The van der Waals surface area contributed by atoms with Crippen LogP contribution >= 0.6 is 34.5 Å². The highest BCUT2D eigenvalue weighted by atomic mass is 35.5. The highest BCUT2D eigenvalue weighted by Gasteiger charge is 2.17. The van der Waals surface area contributed by atoms with Crippen LogP contribution in [0.4, 0.5) is 0 Å². The third-order valence-electron chi connectivity index (χ3n) is 2.66. The normalized spacial score (nSPS) is 12.7. The van der Waals surface area contributed by atoms with Gasteiger partial charge in [-0.2, -0.15) is 0 Å². The van der Waals surface area contributed by atoms with Crippen LogP contribution in [0.25, 0.3) is 0 Å². The van der Waals surface area contributed by atoms with Crippen LogP contribution in [0, 0.1) is 6.92 Å². The number of benzene rings is 1. The Morgan fingerprint density at radius 1 is 1.24 bits per heavy atom. The van der Waals surface area contributed by atoms with E-state index in [1.165, 1.54) is 22.5 Å². The maximum Gasteiger partial charge on any atom is 0.0995 e. The van der Waals surface area contributed by atoms with Crippen LogP contribution in [0.15, 0.2) is 30.3 Å². The predicted molar refractivity (Wildman–Crippen MR) is 76.4 cm³/mol. The fraction of sp³-hybridized carbons (Fsp3) is 0.231. The van der Waals surface area contributed by atoms with Crippen LogP contribution in [0.5, 0.6) is 0 Å². The Morgan fingerprint density at radius 2 is 2.00 bits per heavy atom. The molecule has 0 spiro atoms. The summed E-state index contributed by atoms with van der Waals surface area (Å²) in [5.74, 6) is 0. The molecule has 1 aromatic heterocycles. The molecule has 1 unspecified atom stereocenters. The molecule has 4 heteroatoms. The quantitative estimate of drug-likeness (QED) is 0.864. The van der Waals surface area contributed by atoms with Gasteiger partial charge in [-0.15, -0.1) is 11.3 Å². The van der Waals surface area contributed by atoms with Crippen molar-refractivity contribution in [2.24, 2.45) is 0 Å². The second-order valence-corrected chi connectivity index (χ2v) is 6.20. The average molecular weight is 286 g/mol. The molecule has 0 aliphatic carbocycles. The van der Waals surface area contributed by atoms with Crippen LogP contribution in [-0.2, 0) is 0 Å². The molecule has 0 fully saturated rings. The van der Waals surface area contributed by atoms with Crippen LogP contribution in [0.2, 0.25) is 8.67 Å². The molecule has 1 nitrogen and oxygen atoms in total. The summed E-state index contributed by atoms with van der Waals surface area (Å²) in [6, 6.07) is 10.4. The third-order valence-corrected chi connectivity index (χ3v) is 4.18. The predicted octanol–water partition coefficient (Wildman–Crippen LogP) is 4.67. The van der Waals surface area contributed by atoms with Crippen molar-refractivity contribution in [3.05, 3.63) is 55.7 Å². The molecule has 2 aromatic rings. The number of rotatable bonds is 3. The van der Waals surface area contributed by atoms with E-state index in [9.17, 15) is 0 Å². The van der Waals surface area contributed by atoms with Crippen molar-refractivity contribution in [3.8, 4) is 0 Å². The molecule has 17 heavy (non-hydrogen) atoms. The summed E-state index contributed by atoms with van der Waals surface area (Å²) in [4.78, 5) is 0. The van der Waals surface area contributed by atoms with Crippen molar-refractivity contribution >= 4 is 34.5 Å². The van der Waals surface area contributed by atoms with Gasteiger partial charge in [0.1, 0.15) is 0 Å². The molecule has 2 rings (SSSR count). The molecule has 0 bridgehead atoms. The summed E-state index contributed by atoms with van der Waals surface area (Å²) in [5, 5.41) is 3.28. The van der Waals surface area contributed by atoms with Crippen molar-refractivity contribution in [3.63, 3.8) is 0 Å². The van der Waals surface area contributed by atoms with E-state index in [1.54, 1.807) is 0 Å². The van der Waals surface area contributed by atoms with E-state index < -0.39 is 0 Å². The van der Waals surface area contributed by atoms with Gasteiger partial charge in [-0.3, -0.25) is 0 Å². The van der Waals surface area contributed by atoms with Gasteiger partial charge in [-0.25, -0.2) is 0 Å².